The lowest BCUT2D eigenvalue weighted by Crippen LogP contribution is -2.49. The van der Waals surface area contributed by atoms with Crippen LogP contribution in [-0.2, 0) is 4.74 Å². The molecule has 8 heteroatoms. The highest BCUT2D eigenvalue weighted by molar-refractivity contribution is 6.30. The standard InChI is InChI=1S/C21H23ClN4O3/c22-16-5-4-8-18(13-16)25-11-9-24(10-12-25)14-19-15-26(21(28)29-19)20(27)23-17-6-2-1-3-7-17/h1-8,13,19H,9-12,14-15H2,(H,23,27). The fraction of sp³-hybridized carbons (Fsp3) is 0.333. The highest BCUT2D eigenvalue weighted by Gasteiger charge is 2.37. The van der Waals surface area contributed by atoms with E-state index in [0.717, 1.165) is 41.8 Å². The number of hydrogen-bond donors (Lipinski definition) is 1. The number of nitrogens with zero attached hydrogens (tertiary/aromatic N) is 3. The van der Waals surface area contributed by atoms with Crippen molar-refractivity contribution in [2.45, 2.75) is 6.10 Å². The molecule has 0 spiro atoms. The second-order valence-electron chi connectivity index (χ2n) is 7.18. The van der Waals surface area contributed by atoms with E-state index in [2.05, 4.69) is 21.2 Å². The number of halogens is 1. The number of para-hydroxylation sites is 1. The van der Waals surface area contributed by atoms with Gasteiger partial charge in [0.15, 0.2) is 0 Å². The van der Waals surface area contributed by atoms with Crippen LogP contribution in [0.25, 0.3) is 0 Å². The monoisotopic (exact) mass is 414 g/mol. The fourth-order valence-corrected chi connectivity index (χ4v) is 3.83. The fourth-order valence-electron chi connectivity index (χ4n) is 3.64. The number of rotatable bonds is 4. The van der Waals surface area contributed by atoms with Crippen molar-refractivity contribution < 1.29 is 14.3 Å². The summed E-state index contributed by atoms with van der Waals surface area (Å²) in [7, 11) is 0. The van der Waals surface area contributed by atoms with Crippen LogP contribution >= 0.6 is 11.6 Å². The molecule has 2 aliphatic rings. The third-order valence-electron chi connectivity index (χ3n) is 5.15. The summed E-state index contributed by atoms with van der Waals surface area (Å²) < 4.78 is 5.42. The van der Waals surface area contributed by atoms with Crippen LogP contribution in [-0.4, -0.2) is 67.3 Å². The van der Waals surface area contributed by atoms with Crippen molar-refractivity contribution in [2.24, 2.45) is 0 Å². The number of hydrogen-bond acceptors (Lipinski definition) is 5. The first-order valence-electron chi connectivity index (χ1n) is 9.65. The van der Waals surface area contributed by atoms with Gasteiger partial charge < -0.3 is 15.0 Å². The summed E-state index contributed by atoms with van der Waals surface area (Å²) in [5.74, 6) is 0. The first kappa shape index (κ1) is 19.5. The van der Waals surface area contributed by atoms with Crippen LogP contribution in [0.5, 0.6) is 0 Å². The van der Waals surface area contributed by atoms with Gasteiger partial charge in [0.05, 0.1) is 6.54 Å². The van der Waals surface area contributed by atoms with Gasteiger partial charge in [-0.15, -0.1) is 0 Å². The number of piperazine rings is 1. The molecule has 4 rings (SSSR count). The quantitative estimate of drug-likeness (QED) is 0.829. The average Bonchev–Trinajstić information content (AvgIpc) is 3.09. The van der Waals surface area contributed by atoms with Crippen molar-refractivity contribution in [3.63, 3.8) is 0 Å². The van der Waals surface area contributed by atoms with Gasteiger partial charge in [0, 0.05) is 49.1 Å². The summed E-state index contributed by atoms with van der Waals surface area (Å²) in [4.78, 5) is 30.2. The van der Waals surface area contributed by atoms with E-state index in [1.165, 1.54) is 0 Å². The van der Waals surface area contributed by atoms with Gasteiger partial charge >= 0.3 is 12.1 Å². The molecule has 0 radical (unpaired) electrons. The van der Waals surface area contributed by atoms with E-state index in [4.69, 9.17) is 16.3 Å². The van der Waals surface area contributed by atoms with E-state index >= 15 is 0 Å². The van der Waals surface area contributed by atoms with Crippen LogP contribution in [0.2, 0.25) is 5.02 Å². The van der Waals surface area contributed by atoms with E-state index < -0.39 is 12.1 Å². The van der Waals surface area contributed by atoms with Crippen molar-refractivity contribution >= 4 is 35.1 Å². The van der Waals surface area contributed by atoms with Crippen LogP contribution in [0.3, 0.4) is 0 Å². The Morgan fingerprint density at radius 3 is 2.55 bits per heavy atom. The molecule has 2 aromatic carbocycles. The molecule has 29 heavy (non-hydrogen) atoms. The molecule has 2 heterocycles. The Bertz CT molecular complexity index is 871. The predicted molar refractivity (Wildman–Crippen MR) is 113 cm³/mol. The Kier molecular flexibility index (Phi) is 5.87. The number of ether oxygens (including phenoxy) is 1. The molecule has 1 unspecified atom stereocenters. The number of urea groups is 1. The molecule has 0 aliphatic carbocycles. The normalized spacial score (nSPS) is 19.9. The molecular weight excluding hydrogens is 392 g/mol. The maximum absolute atomic E-state index is 12.4. The predicted octanol–water partition coefficient (Wildman–Crippen LogP) is 3.51. The molecule has 1 N–H and O–H groups in total. The Morgan fingerprint density at radius 1 is 1.07 bits per heavy atom. The van der Waals surface area contributed by atoms with E-state index in [0.29, 0.717) is 12.2 Å². The molecule has 2 aliphatic heterocycles. The van der Waals surface area contributed by atoms with Crippen LogP contribution in [0.15, 0.2) is 54.6 Å². The highest BCUT2D eigenvalue weighted by Crippen LogP contribution is 2.21. The largest absolute Gasteiger partial charge is 0.442 e. The molecule has 152 valence electrons. The van der Waals surface area contributed by atoms with Gasteiger partial charge in [-0.1, -0.05) is 35.9 Å². The zero-order valence-electron chi connectivity index (χ0n) is 16.0. The number of benzene rings is 2. The van der Waals surface area contributed by atoms with E-state index in [-0.39, 0.29) is 12.6 Å². The SMILES string of the molecule is O=C(Nc1ccccc1)N1CC(CN2CCN(c3cccc(Cl)c3)CC2)OC1=O. The van der Waals surface area contributed by atoms with Crippen LogP contribution < -0.4 is 10.2 Å². The number of nitrogens with one attached hydrogen (secondary N) is 1. The molecular formula is C21H23ClN4O3. The molecule has 0 bridgehead atoms. The Labute approximate surface area is 174 Å². The van der Waals surface area contributed by atoms with Gasteiger partial charge in [0.1, 0.15) is 6.10 Å². The number of carbonyl (C=O) groups is 2. The average molecular weight is 415 g/mol. The van der Waals surface area contributed by atoms with E-state index in [1.54, 1.807) is 12.1 Å². The first-order valence-corrected chi connectivity index (χ1v) is 10.0. The Hall–Kier alpha value is -2.77. The van der Waals surface area contributed by atoms with Crippen molar-refractivity contribution in [3.05, 3.63) is 59.6 Å². The van der Waals surface area contributed by atoms with Gasteiger partial charge in [-0.25, -0.2) is 14.5 Å². The van der Waals surface area contributed by atoms with Gasteiger partial charge in [0.2, 0.25) is 0 Å². The minimum absolute atomic E-state index is 0.256. The number of imide groups is 1. The smallest absolute Gasteiger partial charge is 0.418 e. The summed E-state index contributed by atoms with van der Waals surface area (Å²) in [6, 6.07) is 16.5. The number of carbonyl (C=O) groups excluding carboxylic acids is 2. The lowest BCUT2D eigenvalue weighted by Gasteiger charge is -2.36. The molecule has 2 aromatic rings. The molecule has 1 atom stereocenters. The first-order chi connectivity index (χ1) is 14.1. The maximum Gasteiger partial charge on any atom is 0.418 e. The summed E-state index contributed by atoms with van der Waals surface area (Å²) in [6.07, 6.45) is -0.914. The molecule has 7 nitrogen and oxygen atoms in total. The van der Waals surface area contributed by atoms with Crippen molar-refractivity contribution in [1.29, 1.82) is 0 Å². The number of amides is 3. The Balaban J connectivity index is 1.27. The van der Waals surface area contributed by atoms with Gasteiger partial charge in [-0.05, 0) is 30.3 Å². The van der Waals surface area contributed by atoms with Gasteiger partial charge in [-0.3, -0.25) is 4.90 Å². The van der Waals surface area contributed by atoms with Crippen LogP contribution in [0.4, 0.5) is 21.0 Å². The molecule has 0 saturated carbocycles. The third-order valence-corrected chi connectivity index (χ3v) is 5.39. The molecule has 3 amide bonds. The number of cyclic esters (lactones) is 1. The minimum Gasteiger partial charge on any atom is -0.442 e. The highest BCUT2D eigenvalue weighted by atomic mass is 35.5. The van der Waals surface area contributed by atoms with Crippen LogP contribution in [0.1, 0.15) is 0 Å². The van der Waals surface area contributed by atoms with Gasteiger partial charge in [-0.2, -0.15) is 0 Å². The molecule has 2 fully saturated rings. The topological polar surface area (TPSA) is 65.1 Å². The van der Waals surface area contributed by atoms with Gasteiger partial charge in [0.25, 0.3) is 0 Å². The maximum atomic E-state index is 12.4. The minimum atomic E-state index is -0.596. The third kappa shape index (κ3) is 4.81. The van der Waals surface area contributed by atoms with Crippen LogP contribution in [0, 0.1) is 0 Å². The van der Waals surface area contributed by atoms with E-state index in [9.17, 15) is 9.59 Å². The molecule has 0 aromatic heterocycles. The zero-order chi connectivity index (χ0) is 20.2. The summed E-state index contributed by atoms with van der Waals surface area (Å²) in [6.45, 7) is 4.34. The Morgan fingerprint density at radius 2 is 1.83 bits per heavy atom. The zero-order valence-corrected chi connectivity index (χ0v) is 16.7. The second-order valence-corrected chi connectivity index (χ2v) is 7.62. The molecule has 2 saturated heterocycles. The van der Waals surface area contributed by atoms with Crippen molar-refractivity contribution in [2.75, 3.05) is 49.5 Å². The van der Waals surface area contributed by atoms with Crippen molar-refractivity contribution in [1.82, 2.24) is 9.80 Å². The second kappa shape index (κ2) is 8.71. The summed E-state index contributed by atoms with van der Waals surface area (Å²) >= 11 is 6.09. The van der Waals surface area contributed by atoms with Crippen molar-refractivity contribution in [3.8, 4) is 0 Å². The van der Waals surface area contributed by atoms with E-state index in [1.807, 2.05) is 36.4 Å². The lowest BCUT2D eigenvalue weighted by molar-refractivity contribution is 0.105. The summed E-state index contributed by atoms with van der Waals surface area (Å²) in [5.41, 5.74) is 1.76. The summed E-state index contributed by atoms with van der Waals surface area (Å²) in [5, 5.41) is 3.46. The lowest BCUT2D eigenvalue weighted by atomic mass is 10.2. The number of anilines is 2.